The minimum absolute atomic E-state index is 0.0574. The van der Waals surface area contributed by atoms with Crippen LogP contribution in [0.5, 0.6) is 6.01 Å². The maximum Gasteiger partial charge on any atom is 0.317 e. The van der Waals surface area contributed by atoms with Gasteiger partial charge in [0, 0.05) is 11.8 Å². The number of rotatable bonds is 8. The van der Waals surface area contributed by atoms with Crippen molar-refractivity contribution in [2.45, 2.75) is 19.8 Å². The Labute approximate surface area is 223 Å². The summed E-state index contributed by atoms with van der Waals surface area (Å²) in [5, 5.41) is 11.3. The lowest BCUT2D eigenvalue weighted by atomic mass is 9.91. The summed E-state index contributed by atoms with van der Waals surface area (Å²) in [6, 6.07) is 19.4. The van der Waals surface area contributed by atoms with E-state index in [-0.39, 0.29) is 37.5 Å². The van der Waals surface area contributed by atoms with E-state index >= 15 is 0 Å². The molecule has 0 bridgehead atoms. The van der Waals surface area contributed by atoms with E-state index in [0.717, 1.165) is 5.56 Å². The molecule has 198 valence electrons. The van der Waals surface area contributed by atoms with Gasteiger partial charge in [-0.3, -0.25) is 4.79 Å². The van der Waals surface area contributed by atoms with Gasteiger partial charge in [-0.05, 0) is 42.8 Å². The van der Waals surface area contributed by atoms with Crippen molar-refractivity contribution < 1.29 is 23.4 Å². The predicted octanol–water partition coefficient (Wildman–Crippen LogP) is 3.94. The van der Waals surface area contributed by atoms with E-state index in [2.05, 4.69) is 20.3 Å². The Hall–Kier alpha value is -4.66. The largest absolute Gasteiger partial charge is 0.459 e. The lowest BCUT2D eigenvalue weighted by Crippen LogP contribution is -2.48. The van der Waals surface area contributed by atoms with Crippen LogP contribution in [0.4, 0.5) is 4.39 Å². The molecule has 1 saturated heterocycles. The molecule has 3 heterocycles. The second-order valence-corrected chi connectivity index (χ2v) is 9.21. The Morgan fingerprint density at radius 1 is 1.15 bits per heavy atom. The van der Waals surface area contributed by atoms with Gasteiger partial charge in [0.15, 0.2) is 5.82 Å². The number of nitriles is 1. The Bertz CT molecular complexity index is 1480. The van der Waals surface area contributed by atoms with Crippen molar-refractivity contribution in [3.8, 4) is 34.7 Å². The van der Waals surface area contributed by atoms with Gasteiger partial charge in [-0.1, -0.05) is 30.3 Å². The number of H-pyrrole nitrogens is 1. The highest BCUT2D eigenvalue weighted by atomic mass is 19.1. The van der Waals surface area contributed by atoms with Crippen molar-refractivity contribution in [1.82, 2.24) is 25.3 Å². The molecular formula is C28H25FN6O4. The molecule has 0 unspecified atom stereocenters. The normalized spacial score (nSPS) is 18.7. The molecule has 1 amide bonds. The summed E-state index contributed by atoms with van der Waals surface area (Å²) >= 11 is 0. The van der Waals surface area contributed by atoms with Crippen molar-refractivity contribution in [3.63, 3.8) is 0 Å². The quantitative estimate of drug-likeness (QED) is 0.328. The molecule has 0 aliphatic carbocycles. The molecule has 2 aromatic carbocycles. The van der Waals surface area contributed by atoms with Gasteiger partial charge in [0.2, 0.25) is 12.2 Å². The molecule has 1 fully saturated rings. The molecular weight excluding hydrogens is 503 g/mol. The molecule has 4 aromatic rings. The van der Waals surface area contributed by atoms with Crippen LogP contribution in [-0.4, -0.2) is 45.6 Å². The first kappa shape index (κ1) is 26.0. The van der Waals surface area contributed by atoms with Gasteiger partial charge in [0.05, 0.1) is 41.8 Å². The molecule has 11 heteroatoms. The third-order valence-corrected chi connectivity index (χ3v) is 6.15. The topological polar surface area (TPSA) is 135 Å². The van der Waals surface area contributed by atoms with Gasteiger partial charge in [0.25, 0.3) is 0 Å². The van der Waals surface area contributed by atoms with Crippen LogP contribution in [0.25, 0.3) is 22.6 Å². The summed E-state index contributed by atoms with van der Waals surface area (Å²) < 4.78 is 31.2. The van der Waals surface area contributed by atoms with Gasteiger partial charge >= 0.3 is 6.01 Å². The Morgan fingerprint density at radius 3 is 2.62 bits per heavy atom. The standard InChI is InChI=1S/C28H25FN6O4/c1-28(26(36)31-14-12-30)16-38-25(39-17-28)24-34-22(19-7-9-20(29)10-8-19)23(35-24)21-11-13-32-27(33-21)37-15-18-5-3-2-4-6-18/h2-11,13,25H,14-17H2,1H3,(H,31,36)(H,34,35). The highest BCUT2D eigenvalue weighted by Crippen LogP contribution is 2.35. The zero-order valence-corrected chi connectivity index (χ0v) is 21.1. The maximum atomic E-state index is 13.7. The van der Waals surface area contributed by atoms with Gasteiger partial charge < -0.3 is 24.5 Å². The van der Waals surface area contributed by atoms with Gasteiger partial charge in [-0.25, -0.2) is 14.4 Å². The average molecular weight is 529 g/mol. The van der Waals surface area contributed by atoms with Crippen molar-refractivity contribution in [1.29, 1.82) is 5.26 Å². The smallest absolute Gasteiger partial charge is 0.317 e. The first-order valence-corrected chi connectivity index (χ1v) is 12.2. The van der Waals surface area contributed by atoms with Crippen molar-refractivity contribution >= 4 is 5.91 Å². The molecule has 1 aliphatic rings. The van der Waals surface area contributed by atoms with Gasteiger partial charge in [-0.2, -0.15) is 10.2 Å². The molecule has 5 rings (SSSR count). The zero-order valence-electron chi connectivity index (χ0n) is 21.1. The SMILES string of the molecule is CC1(C(=O)NCC#N)COC(c2nc(-c3ccc(F)cc3)c(-c3ccnc(OCc4ccccc4)n3)[nH]2)OC1. The van der Waals surface area contributed by atoms with Crippen LogP contribution < -0.4 is 10.1 Å². The number of hydrogen-bond acceptors (Lipinski definition) is 8. The minimum Gasteiger partial charge on any atom is -0.459 e. The van der Waals surface area contributed by atoms with E-state index < -0.39 is 11.7 Å². The number of carbonyl (C=O) groups excluding carboxylic acids is 1. The zero-order chi connectivity index (χ0) is 27.2. The molecule has 0 saturated carbocycles. The lowest BCUT2D eigenvalue weighted by molar-refractivity contribution is -0.230. The number of imidazole rings is 1. The number of aromatic amines is 1. The Balaban J connectivity index is 1.41. The molecule has 0 spiro atoms. The third-order valence-electron chi connectivity index (χ3n) is 6.15. The third kappa shape index (κ3) is 5.93. The average Bonchev–Trinajstić information content (AvgIpc) is 3.42. The fourth-order valence-corrected chi connectivity index (χ4v) is 4.01. The number of benzene rings is 2. The summed E-state index contributed by atoms with van der Waals surface area (Å²) in [6.07, 6.45) is 0.696. The second kappa shape index (κ2) is 11.4. The fraction of sp³-hybridized carbons (Fsp3) is 0.250. The number of carbonyl (C=O) groups is 1. The second-order valence-electron chi connectivity index (χ2n) is 9.21. The number of amides is 1. The highest BCUT2D eigenvalue weighted by molar-refractivity contribution is 5.82. The van der Waals surface area contributed by atoms with Gasteiger partial charge in [0.1, 0.15) is 19.0 Å². The number of hydrogen-bond donors (Lipinski definition) is 2. The number of aromatic nitrogens is 4. The van der Waals surface area contributed by atoms with E-state index in [4.69, 9.17) is 24.5 Å². The highest BCUT2D eigenvalue weighted by Gasteiger charge is 2.40. The van der Waals surface area contributed by atoms with Crippen molar-refractivity contribution in [2.75, 3.05) is 19.8 Å². The van der Waals surface area contributed by atoms with Gasteiger partial charge in [-0.15, -0.1) is 0 Å². The summed E-state index contributed by atoms with van der Waals surface area (Å²) in [5.41, 5.74) is 2.21. The predicted molar refractivity (Wildman–Crippen MR) is 137 cm³/mol. The van der Waals surface area contributed by atoms with Crippen molar-refractivity contribution in [2.24, 2.45) is 5.41 Å². The van der Waals surface area contributed by atoms with Crippen LogP contribution in [0.1, 0.15) is 24.6 Å². The Kier molecular flexibility index (Phi) is 7.58. The van der Waals surface area contributed by atoms with Crippen LogP contribution in [-0.2, 0) is 20.9 Å². The molecule has 1 aliphatic heterocycles. The van der Waals surface area contributed by atoms with E-state index in [0.29, 0.717) is 35.1 Å². The number of nitrogens with one attached hydrogen (secondary N) is 2. The summed E-state index contributed by atoms with van der Waals surface area (Å²) in [5.74, 6) is -0.351. The summed E-state index contributed by atoms with van der Waals surface area (Å²) in [6.45, 7) is 2.01. The van der Waals surface area contributed by atoms with Crippen LogP contribution in [0.15, 0.2) is 66.9 Å². The van der Waals surface area contributed by atoms with Crippen LogP contribution in [0.2, 0.25) is 0 Å². The van der Waals surface area contributed by atoms with Crippen LogP contribution in [0, 0.1) is 22.6 Å². The lowest BCUT2D eigenvalue weighted by Gasteiger charge is -2.35. The first-order valence-electron chi connectivity index (χ1n) is 12.2. The summed E-state index contributed by atoms with van der Waals surface area (Å²) in [7, 11) is 0. The molecule has 39 heavy (non-hydrogen) atoms. The molecule has 0 atom stereocenters. The van der Waals surface area contributed by atoms with E-state index in [1.807, 2.05) is 36.4 Å². The first-order chi connectivity index (χ1) is 18.9. The number of nitrogens with zero attached hydrogens (tertiary/aromatic N) is 4. The van der Waals surface area contributed by atoms with E-state index in [1.165, 1.54) is 12.1 Å². The van der Waals surface area contributed by atoms with E-state index in [9.17, 15) is 9.18 Å². The number of halogens is 1. The number of ether oxygens (including phenoxy) is 3. The van der Waals surface area contributed by atoms with Crippen LogP contribution in [0.3, 0.4) is 0 Å². The van der Waals surface area contributed by atoms with E-state index in [1.54, 1.807) is 31.3 Å². The van der Waals surface area contributed by atoms with Crippen molar-refractivity contribution in [3.05, 3.63) is 84.1 Å². The maximum absolute atomic E-state index is 13.7. The minimum atomic E-state index is -0.958. The van der Waals surface area contributed by atoms with Crippen LogP contribution >= 0.6 is 0 Å². The monoisotopic (exact) mass is 528 g/mol. The Morgan fingerprint density at radius 2 is 1.90 bits per heavy atom. The molecule has 10 nitrogen and oxygen atoms in total. The molecule has 0 radical (unpaired) electrons. The fourth-order valence-electron chi connectivity index (χ4n) is 4.01. The summed E-state index contributed by atoms with van der Waals surface area (Å²) in [4.78, 5) is 29.2. The molecule has 2 N–H and O–H groups in total. The molecule has 2 aromatic heterocycles.